The Bertz CT molecular complexity index is 1370. The van der Waals surface area contributed by atoms with Gasteiger partial charge in [0.1, 0.15) is 6.23 Å². The molecule has 0 radical (unpaired) electrons. The van der Waals surface area contributed by atoms with Crippen molar-refractivity contribution in [2.75, 3.05) is 18.5 Å². The highest BCUT2D eigenvalue weighted by Gasteiger charge is 2.50. The summed E-state index contributed by atoms with van der Waals surface area (Å²) in [6.07, 6.45) is 8.29. The Hall–Kier alpha value is -3.72. The molecule has 12 heteroatoms. The first-order valence-electron chi connectivity index (χ1n) is 12.2. The van der Waals surface area contributed by atoms with Crippen LogP contribution in [0, 0.1) is 24.2 Å². The molecule has 5 rings (SSSR count). The van der Waals surface area contributed by atoms with Crippen molar-refractivity contribution >= 4 is 40.5 Å². The number of benzene rings is 1. The van der Waals surface area contributed by atoms with Gasteiger partial charge in [0.15, 0.2) is 17.0 Å². The molecule has 3 atom stereocenters. The molecule has 11 nitrogen and oxygen atoms in total. The second kappa shape index (κ2) is 10.6. The van der Waals surface area contributed by atoms with Gasteiger partial charge in [-0.05, 0) is 35.9 Å². The number of halogens is 1. The SMILES string of the molecule is C#CC1CC(n2cnc3c(NCC4CC4)nc(Cl)nc32)OC1COC(Cc1ccccc1)(C(=O)O)C(=O)O. The summed E-state index contributed by atoms with van der Waals surface area (Å²) >= 11 is 6.19. The fourth-order valence-corrected chi connectivity index (χ4v) is 4.71. The van der Waals surface area contributed by atoms with Crippen LogP contribution in [0.3, 0.4) is 0 Å². The van der Waals surface area contributed by atoms with E-state index in [2.05, 4.69) is 26.2 Å². The van der Waals surface area contributed by atoms with E-state index < -0.39 is 35.8 Å². The van der Waals surface area contributed by atoms with Gasteiger partial charge in [-0.2, -0.15) is 9.97 Å². The number of aliphatic carboxylic acids is 2. The van der Waals surface area contributed by atoms with Gasteiger partial charge in [0, 0.05) is 19.4 Å². The van der Waals surface area contributed by atoms with Crippen molar-refractivity contribution in [3.63, 3.8) is 0 Å². The molecule has 1 saturated carbocycles. The van der Waals surface area contributed by atoms with Crippen molar-refractivity contribution in [2.24, 2.45) is 11.8 Å². The number of hydrogen-bond donors (Lipinski definition) is 3. The molecule has 0 spiro atoms. The maximum atomic E-state index is 12.2. The van der Waals surface area contributed by atoms with E-state index >= 15 is 0 Å². The highest BCUT2D eigenvalue weighted by Crippen LogP contribution is 2.37. The summed E-state index contributed by atoms with van der Waals surface area (Å²) in [6.45, 7) is 0.430. The lowest BCUT2D eigenvalue weighted by atomic mass is 9.94. The molecule has 3 heterocycles. The van der Waals surface area contributed by atoms with Crippen molar-refractivity contribution in [3.8, 4) is 12.3 Å². The molecule has 3 N–H and O–H groups in total. The number of aromatic nitrogens is 4. The van der Waals surface area contributed by atoms with Crippen molar-refractivity contribution in [1.29, 1.82) is 0 Å². The van der Waals surface area contributed by atoms with Gasteiger partial charge in [-0.25, -0.2) is 14.6 Å². The summed E-state index contributed by atoms with van der Waals surface area (Å²) in [4.78, 5) is 37.4. The fraction of sp³-hybridized carbons (Fsp3) is 0.423. The first kappa shape index (κ1) is 25.9. The Labute approximate surface area is 223 Å². The van der Waals surface area contributed by atoms with E-state index in [1.165, 1.54) is 12.8 Å². The van der Waals surface area contributed by atoms with Crippen LogP contribution in [0.2, 0.25) is 5.28 Å². The molecule has 2 aromatic heterocycles. The molecule has 1 aromatic carbocycles. The predicted octanol–water partition coefficient (Wildman–Crippen LogP) is 3.01. The molecular formula is C26H26ClN5O6. The Kier molecular flexibility index (Phi) is 7.21. The summed E-state index contributed by atoms with van der Waals surface area (Å²) < 4.78 is 13.5. The van der Waals surface area contributed by atoms with Gasteiger partial charge in [-0.3, -0.25) is 4.57 Å². The van der Waals surface area contributed by atoms with Crippen LogP contribution in [0.1, 0.15) is 31.1 Å². The number of nitrogens with one attached hydrogen (secondary N) is 1. The first-order valence-corrected chi connectivity index (χ1v) is 12.6. The number of carboxylic acid groups (broad SMARTS) is 2. The molecule has 3 unspecified atom stereocenters. The fourth-order valence-electron chi connectivity index (χ4n) is 4.54. The predicted molar refractivity (Wildman–Crippen MR) is 136 cm³/mol. The first-order chi connectivity index (χ1) is 18.3. The van der Waals surface area contributed by atoms with Crippen LogP contribution in [0.4, 0.5) is 5.82 Å². The number of carboxylic acids is 2. The van der Waals surface area contributed by atoms with Gasteiger partial charge >= 0.3 is 11.9 Å². The van der Waals surface area contributed by atoms with Crippen LogP contribution < -0.4 is 5.32 Å². The Morgan fingerprint density at radius 2 is 1.97 bits per heavy atom. The molecule has 1 aliphatic carbocycles. The number of carbonyl (C=O) groups is 2. The van der Waals surface area contributed by atoms with Crippen molar-refractivity contribution in [3.05, 3.63) is 47.5 Å². The normalized spacial score (nSPS) is 21.3. The standard InChI is InChI=1S/C26H26ClN5O6/c1-2-17-10-19(32-14-29-20-21(28-12-16-8-9-16)30-25(27)31-22(20)32)38-18(17)13-37-26(23(33)34,24(35)36)11-15-6-4-3-5-7-15/h1,3-7,14,16-19H,8-13H2,(H,33,34)(H,35,36)(H,28,30,31). The lowest BCUT2D eigenvalue weighted by Gasteiger charge is -2.27. The minimum Gasteiger partial charge on any atom is -0.479 e. The Morgan fingerprint density at radius 3 is 2.63 bits per heavy atom. The molecule has 2 aliphatic rings. The highest BCUT2D eigenvalue weighted by atomic mass is 35.5. The van der Waals surface area contributed by atoms with Gasteiger partial charge in [-0.15, -0.1) is 12.3 Å². The van der Waals surface area contributed by atoms with E-state index in [0.717, 1.165) is 6.54 Å². The zero-order chi connectivity index (χ0) is 26.9. The van der Waals surface area contributed by atoms with Crippen LogP contribution >= 0.6 is 11.6 Å². The van der Waals surface area contributed by atoms with Crippen LogP contribution in [-0.2, 0) is 25.5 Å². The van der Waals surface area contributed by atoms with Gasteiger partial charge < -0.3 is 25.0 Å². The van der Waals surface area contributed by atoms with Crippen molar-refractivity contribution in [2.45, 2.75) is 43.6 Å². The molecule has 3 aromatic rings. The van der Waals surface area contributed by atoms with Crippen molar-refractivity contribution in [1.82, 2.24) is 19.5 Å². The molecule has 2 fully saturated rings. The molecule has 38 heavy (non-hydrogen) atoms. The van der Waals surface area contributed by atoms with Gasteiger partial charge in [-0.1, -0.05) is 30.3 Å². The van der Waals surface area contributed by atoms with Crippen LogP contribution in [0.5, 0.6) is 0 Å². The maximum absolute atomic E-state index is 12.2. The summed E-state index contributed by atoms with van der Waals surface area (Å²) in [5.74, 6) is 0.105. The number of anilines is 1. The van der Waals surface area contributed by atoms with E-state index in [1.54, 1.807) is 41.2 Å². The second-order valence-electron chi connectivity index (χ2n) is 9.54. The second-order valence-corrected chi connectivity index (χ2v) is 9.88. The Balaban J connectivity index is 1.35. The van der Waals surface area contributed by atoms with E-state index in [-0.39, 0.29) is 18.3 Å². The largest absolute Gasteiger partial charge is 0.479 e. The van der Waals surface area contributed by atoms with E-state index in [1.807, 2.05) is 0 Å². The number of rotatable bonds is 11. The van der Waals surface area contributed by atoms with Gasteiger partial charge in [0.25, 0.3) is 5.60 Å². The monoisotopic (exact) mass is 539 g/mol. The number of fused-ring (bicyclic) bond motifs is 1. The zero-order valence-corrected chi connectivity index (χ0v) is 21.0. The molecule has 0 amide bonds. The number of imidazole rings is 1. The molecule has 0 bridgehead atoms. The van der Waals surface area contributed by atoms with E-state index in [4.69, 9.17) is 27.5 Å². The summed E-state index contributed by atoms with van der Waals surface area (Å²) in [5.41, 5.74) is -1.01. The average Bonchev–Trinajstić information content (AvgIpc) is 3.49. The number of nitrogens with zero attached hydrogens (tertiary/aromatic N) is 4. The van der Waals surface area contributed by atoms with Gasteiger partial charge in [0.2, 0.25) is 5.28 Å². The number of terminal acetylenes is 1. The van der Waals surface area contributed by atoms with E-state index in [9.17, 15) is 19.8 Å². The summed E-state index contributed by atoms with van der Waals surface area (Å²) in [5, 5.41) is 23.1. The van der Waals surface area contributed by atoms with Crippen LogP contribution in [0.25, 0.3) is 11.2 Å². The quantitative estimate of drug-likeness (QED) is 0.188. The third kappa shape index (κ3) is 5.15. The minimum absolute atomic E-state index is 0.0533. The highest BCUT2D eigenvalue weighted by molar-refractivity contribution is 6.28. The lowest BCUT2D eigenvalue weighted by Crippen LogP contribution is -2.52. The summed E-state index contributed by atoms with van der Waals surface area (Å²) in [6, 6.07) is 8.42. The van der Waals surface area contributed by atoms with Gasteiger partial charge in [0.05, 0.1) is 25.0 Å². The third-order valence-electron chi connectivity index (χ3n) is 6.89. The van der Waals surface area contributed by atoms with Crippen LogP contribution in [-0.4, -0.2) is 66.5 Å². The summed E-state index contributed by atoms with van der Waals surface area (Å²) in [7, 11) is 0. The molecular weight excluding hydrogens is 514 g/mol. The molecule has 1 aliphatic heterocycles. The van der Waals surface area contributed by atoms with Crippen molar-refractivity contribution < 1.29 is 29.3 Å². The zero-order valence-electron chi connectivity index (χ0n) is 20.3. The maximum Gasteiger partial charge on any atom is 0.348 e. The van der Waals surface area contributed by atoms with Crippen LogP contribution in [0.15, 0.2) is 36.7 Å². The average molecular weight is 540 g/mol. The third-order valence-corrected chi connectivity index (χ3v) is 7.06. The number of hydrogen-bond acceptors (Lipinski definition) is 8. The minimum atomic E-state index is -2.51. The van der Waals surface area contributed by atoms with E-state index in [0.29, 0.717) is 34.9 Å². The molecule has 1 saturated heterocycles. The Morgan fingerprint density at radius 1 is 1.24 bits per heavy atom. The lowest BCUT2D eigenvalue weighted by molar-refractivity contribution is -0.188. The number of ether oxygens (including phenoxy) is 2. The topological polar surface area (TPSA) is 149 Å². The smallest absolute Gasteiger partial charge is 0.348 e. The molecule has 198 valence electrons.